The Morgan fingerprint density at radius 3 is 0.905 bits per heavy atom. The summed E-state index contributed by atoms with van der Waals surface area (Å²) in [5, 5.41) is 15.0. The van der Waals surface area contributed by atoms with Gasteiger partial charge in [-0.1, -0.05) is 171 Å². The van der Waals surface area contributed by atoms with Crippen LogP contribution >= 0.6 is 16.5 Å². The van der Waals surface area contributed by atoms with E-state index in [1.165, 1.54) is 0 Å². The first-order valence-corrected chi connectivity index (χ1v) is 26.1. The summed E-state index contributed by atoms with van der Waals surface area (Å²) in [4.78, 5) is 0. The maximum absolute atomic E-state index is 6.94. The van der Waals surface area contributed by atoms with E-state index in [9.17, 15) is 0 Å². The average Bonchev–Trinajstić information content (AvgIpc) is 3.59. The van der Waals surface area contributed by atoms with Gasteiger partial charge in [-0.3, -0.25) is 0 Å². The van der Waals surface area contributed by atoms with Crippen LogP contribution in [0.4, 0.5) is 0 Å². The van der Waals surface area contributed by atoms with Gasteiger partial charge in [0.05, 0.1) is 0 Å². The van der Waals surface area contributed by atoms with E-state index in [0.29, 0.717) is 11.5 Å². The van der Waals surface area contributed by atoms with Crippen molar-refractivity contribution in [2.24, 2.45) is 0 Å². The molecule has 10 aromatic carbocycles. The first kappa shape index (κ1) is 37.6. The molecule has 0 aliphatic heterocycles. The van der Waals surface area contributed by atoms with Gasteiger partial charge in [0.25, 0.3) is 0 Å². The van der Waals surface area contributed by atoms with Crippen LogP contribution in [-0.4, -0.2) is 8.07 Å². The summed E-state index contributed by atoms with van der Waals surface area (Å²) in [6, 6.07) is 66.7. The largest absolute Gasteiger partial charge is 0.453 e. The number of hydrogen-bond donors (Lipinski definition) is 0. The number of benzene rings is 10. The Morgan fingerprint density at radius 1 is 0.317 bits per heavy atom. The Morgan fingerprint density at radius 2 is 0.587 bits per heavy atom. The highest BCUT2D eigenvalue weighted by Crippen LogP contribution is 2.44. The molecule has 0 spiro atoms. The van der Waals surface area contributed by atoms with E-state index >= 15 is 0 Å². The van der Waals surface area contributed by atoms with Crippen LogP contribution in [0.5, 0.6) is 11.5 Å². The molecule has 0 bridgehead atoms. The molecule has 2 aromatic heterocycles. The first-order valence-electron chi connectivity index (χ1n) is 20.9. The van der Waals surface area contributed by atoms with Crippen molar-refractivity contribution < 1.29 is 25.8 Å². The van der Waals surface area contributed by atoms with Crippen LogP contribution in [0.2, 0.25) is 13.1 Å². The van der Waals surface area contributed by atoms with Crippen LogP contribution < -0.4 is 19.4 Å². The van der Waals surface area contributed by atoms with Crippen molar-refractivity contribution in [3.8, 4) is 11.5 Å². The van der Waals surface area contributed by atoms with E-state index in [-0.39, 0.29) is 0 Å². The zero-order valence-electron chi connectivity index (χ0n) is 34.3. The van der Waals surface area contributed by atoms with Gasteiger partial charge in [-0.25, -0.2) is 0 Å². The highest BCUT2D eigenvalue weighted by atomic mass is 31.1. The van der Waals surface area contributed by atoms with Gasteiger partial charge in [-0.2, -0.15) is 0 Å². The lowest BCUT2D eigenvalue weighted by atomic mass is 9.99. The molecule has 6 nitrogen and oxygen atoms in total. The van der Waals surface area contributed by atoms with Crippen LogP contribution in [0.3, 0.4) is 0 Å². The van der Waals surface area contributed by atoms with Crippen LogP contribution in [0.15, 0.2) is 211 Å². The van der Waals surface area contributed by atoms with Crippen molar-refractivity contribution in [2.75, 3.05) is 0 Å². The van der Waals surface area contributed by atoms with E-state index in [4.69, 9.17) is 25.8 Å². The second-order valence-electron chi connectivity index (χ2n) is 16.3. The third-order valence-electron chi connectivity index (χ3n) is 12.2. The number of hydrogen-bond acceptors (Lipinski definition) is 6. The Kier molecular flexibility index (Phi) is 8.98. The molecule has 0 aliphatic carbocycles. The molecule has 12 rings (SSSR count). The summed E-state index contributed by atoms with van der Waals surface area (Å²) in [5.41, 5.74) is 2.88. The molecule has 63 heavy (non-hydrogen) atoms. The monoisotopic (exact) mass is 872 g/mol. The SMILES string of the molecule is C[Si](C)(c1ccccc1Op1oc2ccc3ccccc3c2c2c(ccc3ccccc32)o1)c1ccccc1Op1oc2ccc3ccccc3c2c2c(ccc3ccccc32)o1. The molecule has 12 aromatic rings. The summed E-state index contributed by atoms with van der Waals surface area (Å²) in [6.45, 7) is 4.63. The fraction of sp³-hybridized carbons (Fsp3) is 0.0370. The van der Waals surface area contributed by atoms with E-state index in [0.717, 1.165) is 97.3 Å². The van der Waals surface area contributed by atoms with Gasteiger partial charge >= 0.3 is 16.5 Å². The molecule has 0 unspecified atom stereocenters. The highest BCUT2D eigenvalue weighted by Gasteiger charge is 2.33. The van der Waals surface area contributed by atoms with E-state index in [2.05, 4.69) is 159 Å². The Balaban J connectivity index is 0.993. The zero-order valence-corrected chi connectivity index (χ0v) is 37.1. The summed E-state index contributed by atoms with van der Waals surface area (Å²) in [6.07, 6.45) is 0. The predicted octanol–water partition coefficient (Wildman–Crippen LogP) is 16.0. The van der Waals surface area contributed by atoms with Crippen LogP contribution in [0.25, 0.3) is 87.0 Å². The van der Waals surface area contributed by atoms with Gasteiger partial charge in [0, 0.05) is 21.5 Å². The topological polar surface area (TPSA) is 71.0 Å². The summed E-state index contributed by atoms with van der Waals surface area (Å²) >= 11 is 0. The zero-order chi connectivity index (χ0) is 42.1. The fourth-order valence-electron chi connectivity index (χ4n) is 9.21. The van der Waals surface area contributed by atoms with Gasteiger partial charge in [0.15, 0.2) is 0 Å². The summed E-state index contributed by atoms with van der Waals surface area (Å²) in [7, 11) is -6.49. The summed E-state index contributed by atoms with van der Waals surface area (Å²) < 4.78 is 41.1. The Hall–Kier alpha value is -7.14. The Bertz CT molecular complexity index is 3430. The van der Waals surface area contributed by atoms with E-state index < -0.39 is 24.6 Å². The van der Waals surface area contributed by atoms with Gasteiger partial charge in [-0.05, 0) is 89.9 Å². The molecule has 9 heteroatoms. The lowest BCUT2D eigenvalue weighted by Gasteiger charge is -2.27. The van der Waals surface area contributed by atoms with Gasteiger partial charge in [0.1, 0.15) is 41.9 Å². The standard InChI is InChI=1S/C54H38O6P2Si/c1-63(2,49-25-13-11-23-43(49)55-61-57-45-31-27-35-15-3-7-19-39(35)51(45)52-40-20-8-4-16-36(40)28-32-46(52)58-61)50-26-14-12-24-44(50)56-62-59-47-33-29-37-17-5-9-21-41(37)53(47)54-42-22-10-6-18-38(42)30-34-48(54)60-62/h3-34H,1-2H3. The molecule has 0 N–H and O–H groups in total. The van der Waals surface area contributed by atoms with Gasteiger partial charge < -0.3 is 25.8 Å². The van der Waals surface area contributed by atoms with Crippen LogP contribution in [0, 0.1) is 0 Å². The number of fused-ring (bicyclic) bond motifs is 14. The van der Waals surface area contributed by atoms with Crippen molar-refractivity contribution in [1.29, 1.82) is 0 Å². The van der Waals surface area contributed by atoms with Crippen LogP contribution in [0.1, 0.15) is 0 Å². The molecule has 0 fully saturated rings. The molecule has 0 saturated carbocycles. The molecule has 0 saturated heterocycles. The molecule has 0 radical (unpaired) electrons. The Labute approximate surface area is 364 Å². The van der Waals surface area contributed by atoms with E-state index in [1.54, 1.807) is 0 Å². The van der Waals surface area contributed by atoms with Crippen molar-refractivity contribution in [3.05, 3.63) is 194 Å². The predicted molar refractivity (Wildman–Crippen MR) is 264 cm³/mol. The normalized spacial score (nSPS) is 12.0. The van der Waals surface area contributed by atoms with Crippen molar-refractivity contribution >= 4 is 122 Å². The fourth-order valence-corrected chi connectivity index (χ4v) is 14.3. The average molecular weight is 873 g/mol. The number of para-hydroxylation sites is 2. The minimum atomic E-state index is -2.62. The van der Waals surface area contributed by atoms with Gasteiger partial charge in [-0.15, -0.1) is 0 Å². The quantitative estimate of drug-likeness (QED) is 0.155. The highest BCUT2D eigenvalue weighted by molar-refractivity contribution is 7.32. The maximum atomic E-state index is 6.94. The lowest BCUT2D eigenvalue weighted by Crippen LogP contribution is -2.53. The third-order valence-corrected chi connectivity index (χ3v) is 17.8. The van der Waals surface area contributed by atoms with Crippen molar-refractivity contribution in [3.63, 3.8) is 0 Å². The van der Waals surface area contributed by atoms with Crippen molar-refractivity contribution in [2.45, 2.75) is 13.1 Å². The third kappa shape index (κ3) is 6.39. The second-order valence-corrected chi connectivity index (χ2v) is 22.6. The second kappa shape index (κ2) is 15.0. The molecule has 0 amide bonds. The first-order chi connectivity index (χ1) is 31.0. The summed E-state index contributed by atoms with van der Waals surface area (Å²) in [5.74, 6) is 1.41. The lowest BCUT2D eigenvalue weighted by molar-refractivity contribution is 0.500. The van der Waals surface area contributed by atoms with Crippen LogP contribution in [-0.2, 0) is 0 Å². The maximum Gasteiger partial charge on any atom is 0.453 e. The molecule has 2 heterocycles. The molecule has 0 aliphatic rings. The van der Waals surface area contributed by atoms with Crippen molar-refractivity contribution in [1.82, 2.24) is 0 Å². The molecule has 304 valence electrons. The number of rotatable bonds is 6. The minimum Gasteiger partial charge on any atom is -0.391 e. The van der Waals surface area contributed by atoms with E-state index in [1.807, 2.05) is 48.5 Å². The smallest absolute Gasteiger partial charge is 0.391 e. The molecule has 0 atom stereocenters. The molecular weight excluding hydrogens is 835 g/mol. The minimum absolute atomic E-state index is 0.705. The van der Waals surface area contributed by atoms with Gasteiger partial charge in [0.2, 0.25) is 0 Å². The molecular formula is C54H38O6P2Si.